The van der Waals surface area contributed by atoms with Gasteiger partial charge in [0, 0.05) is 12.6 Å². The fourth-order valence-corrected chi connectivity index (χ4v) is 4.82. The SMILES string of the molecule is COc1ccc(S(=O)(=O)N2CCC[C@H]2C(=O)N[C@H](C)CCC(C)C)cc1. The van der Waals surface area contributed by atoms with Crippen LogP contribution in [0.15, 0.2) is 29.2 Å². The van der Waals surface area contributed by atoms with Crippen molar-refractivity contribution in [2.24, 2.45) is 5.92 Å². The topological polar surface area (TPSA) is 75.7 Å². The Morgan fingerprint density at radius 3 is 2.46 bits per heavy atom. The van der Waals surface area contributed by atoms with E-state index < -0.39 is 16.1 Å². The Bertz CT molecular complexity index is 701. The maximum Gasteiger partial charge on any atom is 0.243 e. The molecular formula is C19H30N2O4S. The second kappa shape index (κ2) is 8.86. The summed E-state index contributed by atoms with van der Waals surface area (Å²) in [5, 5.41) is 2.98. The lowest BCUT2D eigenvalue weighted by atomic mass is 10.0. The molecule has 26 heavy (non-hydrogen) atoms. The lowest BCUT2D eigenvalue weighted by Gasteiger charge is -2.25. The number of hydrogen-bond donors (Lipinski definition) is 1. The molecule has 0 spiro atoms. The number of carbonyl (C=O) groups excluding carboxylic acids is 1. The van der Waals surface area contributed by atoms with Gasteiger partial charge in [0.1, 0.15) is 11.8 Å². The molecule has 2 atom stereocenters. The fourth-order valence-electron chi connectivity index (χ4n) is 3.17. The van der Waals surface area contributed by atoms with Crippen molar-refractivity contribution in [3.8, 4) is 5.75 Å². The van der Waals surface area contributed by atoms with Crippen molar-refractivity contribution >= 4 is 15.9 Å². The predicted octanol–water partition coefficient (Wildman–Crippen LogP) is 2.79. The first-order valence-electron chi connectivity index (χ1n) is 9.22. The number of methoxy groups -OCH3 is 1. The van der Waals surface area contributed by atoms with Crippen molar-refractivity contribution in [2.75, 3.05) is 13.7 Å². The zero-order valence-electron chi connectivity index (χ0n) is 16.1. The van der Waals surface area contributed by atoms with Crippen LogP contribution in [0.4, 0.5) is 0 Å². The third kappa shape index (κ3) is 4.98. The highest BCUT2D eigenvalue weighted by atomic mass is 32.2. The van der Waals surface area contributed by atoms with Crippen LogP contribution in [-0.4, -0.2) is 44.4 Å². The van der Waals surface area contributed by atoms with Crippen molar-refractivity contribution in [2.45, 2.75) is 63.4 Å². The van der Waals surface area contributed by atoms with Gasteiger partial charge in [0.25, 0.3) is 0 Å². The molecule has 1 aromatic rings. The molecule has 1 saturated heterocycles. The molecule has 0 aliphatic carbocycles. The lowest BCUT2D eigenvalue weighted by molar-refractivity contribution is -0.124. The maximum atomic E-state index is 13.0. The van der Waals surface area contributed by atoms with Gasteiger partial charge >= 0.3 is 0 Å². The number of nitrogens with zero attached hydrogens (tertiary/aromatic N) is 1. The van der Waals surface area contributed by atoms with E-state index >= 15 is 0 Å². The Hall–Kier alpha value is -1.60. The molecule has 1 amide bonds. The van der Waals surface area contributed by atoms with Crippen LogP contribution >= 0.6 is 0 Å². The number of ether oxygens (including phenoxy) is 1. The molecule has 2 rings (SSSR count). The second-order valence-corrected chi connectivity index (χ2v) is 9.22. The molecular weight excluding hydrogens is 352 g/mol. The number of amides is 1. The first-order valence-corrected chi connectivity index (χ1v) is 10.7. The molecule has 0 radical (unpaired) electrons. The van der Waals surface area contributed by atoms with Gasteiger partial charge in [-0.1, -0.05) is 13.8 Å². The Labute approximate surface area is 157 Å². The van der Waals surface area contributed by atoms with Crippen LogP contribution in [0.1, 0.15) is 46.5 Å². The minimum Gasteiger partial charge on any atom is -0.497 e. The Kier molecular flexibility index (Phi) is 7.06. The van der Waals surface area contributed by atoms with E-state index in [1.54, 1.807) is 12.1 Å². The largest absolute Gasteiger partial charge is 0.497 e. The first-order chi connectivity index (χ1) is 12.3. The lowest BCUT2D eigenvalue weighted by Crippen LogP contribution is -2.48. The highest BCUT2D eigenvalue weighted by molar-refractivity contribution is 7.89. The molecule has 1 heterocycles. The molecule has 0 bridgehead atoms. The molecule has 1 aliphatic heterocycles. The van der Waals surface area contributed by atoms with Crippen molar-refractivity contribution in [1.82, 2.24) is 9.62 Å². The number of nitrogens with one attached hydrogen (secondary N) is 1. The molecule has 0 unspecified atom stereocenters. The smallest absolute Gasteiger partial charge is 0.243 e. The van der Waals surface area contributed by atoms with Crippen molar-refractivity contribution in [3.63, 3.8) is 0 Å². The van der Waals surface area contributed by atoms with Crippen molar-refractivity contribution in [3.05, 3.63) is 24.3 Å². The van der Waals surface area contributed by atoms with Crippen LogP contribution in [-0.2, 0) is 14.8 Å². The van der Waals surface area contributed by atoms with Gasteiger partial charge in [-0.2, -0.15) is 4.31 Å². The van der Waals surface area contributed by atoms with E-state index in [4.69, 9.17) is 4.74 Å². The van der Waals surface area contributed by atoms with Gasteiger partial charge in [-0.3, -0.25) is 4.79 Å². The third-order valence-corrected chi connectivity index (χ3v) is 6.66. The number of benzene rings is 1. The second-order valence-electron chi connectivity index (χ2n) is 7.33. The van der Waals surface area contributed by atoms with Crippen LogP contribution < -0.4 is 10.1 Å². The van der Waals surface area contributed by atoms with E-state index in [0.717, 1.165) is 12.8 Å². The number of carbonyl (C=O) groups is 1. The summed E-state index contributed by atoms with van der Waals surface area (Å²) in [6.45, 7) is 6.63. The maximum absolute atomic E-state index is 13.0. The first kappa shape index (κ1) is 20.7. The summed E-state index contributed by atoms with van der Waals surface area (Å²) in [4.78, 5) is 12.8. The molecule has 1 fully saturated rings. The van der Waals surface area contributed by atoms with Crippen LogP contribution in [0, 0.1) is 5.92 Å². The van der Waals surface area contributed by atoms with Gasteiger partial charge in [0.15, 0.2) is 0 Å². The minimum absolute atomic E-state index is 0.0380. The van der Waals surface area contributed by atoms with E-state index in [0.29, 0.717) is 31.1 Å². The summed E-state index contributed by atoms with van der Waals surface area (Å²) in [7, 11) is -2.17. The van der Waals surface area contributed by atoms with Gasteiger partial charge in [0.2, 0.25) is 15.9 Å². The highest BCUT2D eigenvalue weighted by Gasteiger charge is 2.39. The number of sulfonamides is 1. The molecule has 1 N–H and O–H groups in total. The van der Waals surface area contributed by atoms with E-state index in [2.05, 4.69) is 19.2 Å². The summed E-state index contributed by atoms with van der Waals surface area (Å²) in [6.07, 6.45) is 3.16. The zero-order chi connectivity index (χ0) is 19.3. The average Bonchev–Trinajstić information content (AvgIpc) is 3.10. The molecule has 146 valence electrons. The predicted molar refractivity (Wildman–Crippen MR) is 102 cm³/mol. The van der Waals surface area contributed by atoms with E-state index in [-0.39, 0.29) is 16.8 Å². The summed E-state index contributed by atoms with van der Waals surface area (Å²) in [5.41, 5.74) is 0. The third-order valence-electron chi connectivity index (χ3n) is 4.74. The van der Waals surface area contributed by atoms with Crippen LogP contribution in [0.25, 0.3) is 0 Å². The standard InChI is InChI=1S/C19H30N2O4S/c1-14(2)7-8-15(3)20-19(22)18-6-5-13-21(18)26(23,24)17-11-9-16(25-4)10-12-17/h9-12,14-15,18H,5-8,13H2,1-4H3,(H,20,22)/t15-,18+/m1/s1. The molecule has 6 nitrogen and oxygen atoms in total. The van der Waals surface area contributed by atoms with E-state index in [1.807, 2.05) is 6.92 Å². The number of hydrogen-bond acceptors (Lipinski definition) is 4. The number of rotatable bonds is 8. The zero-order valence-corrected chi connectivity index (χ0v) is 16.9. The van der Waals surface area contributed by atoms with Crippen LogP contribution in [0.5, 0.6) is 5.75 Å². The summed E-state index contributed by atoms with van der Waals surface area (Å²) >= 11 is 0. The van der Waals surface area contributed by atoms with Crippen molar-refractivity contribution < 1.29 is 17.9 Å². The molecule has 1 aromatic carbocycles. The summed E-state index contributed by atoms with van der Waals surface area (Å²) < 4.78 is 32.3. The van der Waals surface area contributed by atoms with Gasteiger partial charge in [-0.25, -0.2) is 8.42 Å². The monoisotopic (exact) mass is 382 g/mol. The summed E-state index contributed by atoms with van der Waals surface area (Å²) in [5.74, 6) is 0.974. The van der Waals surface area contributed by atoms with Crippen LogP contribution in [0.3, 0.4) is 0 Å². The molecule has 0 aromatic heterocycles. The van der Waals surface area contributed by atoms with Crippen molar-refractivity contribution in [1.29, 1.82) is 0 Å². The van der Waals surface area contributed by atoms with Gasteiger partial charge in [-0.15, -0.1) is 0 Å². The Morgan fingerprint density at radius 2 is 1.88 bits per heavy atom. The highest BCUT2D eigenvalue weighted by Crippen LogP contribution is 2.27. The van der Waals surface area contributed by atoms with Gasteiger partial charge in [0.05, 0.1) is 12.0 Å². The molecule has 1 aliphatic rings. The fraction of sp³-hybridized carbons (Fsp3) is 0.632. The normalized spacial score (nSPS) is 19.5. The summed E-state index contributed by atoms with van der Waals surface area (Å²) in [6, 6.07) is 5.68. The minimum atomic E-state index is -3.70. The molecule has 7 heteroatoms. The Balaban J connectivity index is 2.09. The van der Waals surface area contributed by atoms with E-state index in [1.165, 1.54) is 23.5 Å². The average molecular weight is 383 g/mol. The van der Waals surface area contributed by atoms with Gasteiger partial charge < -0.3 is 10.1 Å². The van der Waals surface area contributed by atoms with Gasteiger partial charge in [-0.05, 0) is 62.8 Å². The van der Waals surface area contributed by atoms with Crippen LogP contribution in [0.2, 0.25) is 0 Å². The van der Waals surface area contributed by atoms with E-state index in [9.17, 15) is 13.2 Å². The molecule has 0 saturated carbocycles. The Morgan fingerprint density at radius 1 is 1.23 bits per heavy atom. The quantitative estimate of drug-likeness (QED) is 0.750.